The summed E-state index contributed by atoms with van der Waals surface area (Å²) in [5.41, 5.74) is 2.22. The lowest BCUT2D eigenvalue weighted by Crippen LogP contribution is -2.20. The number of carbonyl (C=O) groups is 2. The van der Waals surface area contributed by atoms with Gasteiger partial charge in [0, 0.05) is 29.4 Å². The van der Waals surface area contributed by atoms with Crippen LogP contribution in [0.1, 0.15) is 59.6 Å². The van der Waals surface area contributed by atoms with E-state index in [0.29, 0.717) is 35.4 Å². The van der Waals surface area contributed by atoms with E-state index in [2.05, 4.69) is 5.16 Å². The largest absolute Gasteiger partial charge is 0.457 e. The minimum atomic E-state index is -0.248. The molecule has 0 unspecified atom stereocenters. The number of hydrogen-bond acceptors (Lipinski definition) is 5. The Labute approximate surface area is 158 Å². The topological polar surface area (TPSA) is 74.3 Å². The van der Waals surface area contributed by atoms with Crippen molar-refractivity contribution in [2.24, 2.45) is 17.8 Å². The average molecular weight is 370 g/mol. The van der Waals surface area contributed by atoms with Crippen molar-refractivity contribution in [3.05, 3.63) is 34.8 Å². The van der Waals surface area contributed by atoms with Crippen LogP contribution in [0.25, 0.3) is 5.82 Å². The normalized spacial score (nSPS) is 23.7. The predicted molar refractivity (Wildman–Crippen MR) is 98.9 cm³/mol. The third kappa shape index (κ3) is 3.45. The van der Waals surface area contributed by atoms with Crippen LogP contribution in [-0.4, -0.2) is 28.1 Å². The number of hydrogen-bond donors (Lipinski definition) is 0. The van der Waals surface area contributed by atoms with E-state index < -0.39 is 0 Å². The molecule has 0 aromatic carbocycles. The Balaban J connectivity index is 1.38. The second-order valence-corrected chi connectivity index (χ2v) is 8.14. The van der Waals surface area contributed by atoms with Crippen molar-refractivity contribution in [2.45, 2.75) is 52.9 Å². The van der Waals surface area contributed by atoms with E-state index in [1.807, 2.05) is 37.5 Å². The van der Waals surface area contributed by atoms with Crippen LogP contribution >= 0.6 is 0 Å². The van der Waals surface area contributed by atoms with E-state index in [-0.39, 0.29) is 18.4 Å². The lowest BCUT2D eigenvalue weighted by Gasteiger charge is -2.20. The molecule has 4 rings (SSSR count). The van der Waals surface area contributed by atoms with Crippen LogP contribution in [0.5, 0.6) is 0 Å². The van der Waals surface area contributed by atoms with Crippen LogP contribution in [0.15, 0.2) is 16.7 Å². The van der Waals surface area contributed by atoms with E-state index in [9.17, 15) is 9.59 Å². The van der Waals surface area contributed by atoms with Gasteiger partial charge in [-0.15, -0.1) is 0 Å². The van der Waals surface area contributed by atoms with Gasteiger partial charge in [-0.1, -0.05) is 11.6 Å². The van der Waals surface area contributed by atoms with Crippen molar-refractivity contribution in [1.29, 1.82) is 0 Å². The molecule has 27 heavy (non-hydrogen) atoms. The fourth-order valence-electron chi connectivity index (χ4n) is 4.98. The zero-order valence-electron chi connectivity index (χ0n) is 16.2. The summed E-state index contributed by atoms with van der Waals surface area (Å²) in [6, 6.07) is 3.63. The standard InChI is InChI=1S/C21H26N2O4/c1-12-6-18(14(3)23(12)20-7-13(2)27-22-20)19(24)11-26-21(25)10-17-9-15-4-5-16(17)8-15/h6-7,15-17H,4-5,8-11H2,1-3H3/t15-,16-,17+/m1/s1. The van der Waals surface area contributed by atoms with Gasteiger partial charge in [-0.3, -0.25) is 14.2 Å². The molecular formula is C21H26N2O4. The molecule has 2 aliphatic rings. The van der Waals surface area contributed by atoms with Crippen molar-refractivity contribution < 1.29 is 18.8 Å². The molecule has 2 heterocycles. The number of aryl methyl sites for hydroxylation is 2. The first-order chi connectivity index (χ1) is 12.9. The van der Waals surface area contributed by atoms with Gasteiger partial charge in [0.05, 0.1) is 0 Å². The highest BCUT2D eigenvalue weighted by Gasteiger charge is 2.40. The zero-order valence-corrected chi connectivity index (χ0v) is 16.2. The van der Waals surface area contributed by atoms with Gasteiger partial charge in [0.15, 0.2) is 12.4 Å². The number of ketones is 1. The molecule has 2 aromatic heterocycles. The van der Waals surface area contributed by atoms with Gasteiger partial charge in [0.2, 0.25) is 5.78 Å². The number of nitrogens with zero attached hydrogens (tertiary/aromatic N) is 2. The van der Waals surface area contributed by atoms with E-state index in [4.69, 9.17) is 9.26 Å². The maximum absolute atomic E-state index is 12.6. The van der Waals surface area contributed by atoms with Gasteiger partial charge < -0.3 is 9.26 Å². The molecule has 2 aromatic rings. The second-order valence-electron chi connectivity index (χ2n) is 8.14. The first-order valence-electron chi connectivity index (χ1n) is 9.74. The molecule has 0 spiro atoms. The molecule has 0 aliphatic heterocycles. The number of aromatic nitrogens is 2. The van der Waals surface area contributed by atoms with Crippen LogP contribution in [-0.2, 0) is 9.53 Å². The highest BCUT2D eigenvalue weighted by molar-refractivity contribution is 5.99. The highest BCUT2D eigenvalue weighted by atomic mass is 16.5. The van der Waals surface area contributed by atoms with Gasteiger partial charge in [-0.05, 0) is 63.9 Å². The van der Waals surface area contributed by atoms with Crippen LogP contribution in [0.3, 0.4) is 0 Å². The van der Waals surface area contributed by atoms with Gasteiger partial charge in [-0.2, -0.15) is 0 Å². The summed E-state index contributed by atoms with van der Waals surface area (Å²) in [7, 11) is 0. The number of ether oxygens (including phenoxy) is 1. The Morgan fingerprint density at radius 3 is 2.67 bits per heavy atom. The first kappa shape index (κ1) is 18.0. The van der Waals surface area contributed by atoms with Crippen LogP contribution in [0, 0.1) is 38.5 Å². The molecular weight excluding hydrogens is 344 g/mol. The molecule has 2 aliphatic carbocycles. The maximum Gasteiger partial charge on any atom is 0.306 e. The Morgan fingerprint density at radius 1 is 1.22 bits per heavy atom. The Bertz CT molecular complexity index is 879. The summed E-state index contributed by atoms with van der Waals surface area (Å²) < 4.78 is 12.3. The summed E-state index contributed by atoms with van der Waals surface area (Å²) in [5.74, 6) is 2.86. The van der Waals surface area contributed by atoms with Crippen molar-refractivity contribution in [3.8, 4) is 5.82 Å². The fraction of sp³-hybridized carbons (Fsp3) is 0.571. The predicted octanol–water partition coefficient (Wildman–Crippen LogP) is 3.94. The molecule has 2 saturated carbocycles. The minimum absolute atomic E-state index is 0.184. The molecule has 144 valence electrons. The molecule has 2 fully saturated rings. The summed E-state index contributed by atoms with van der Waals surface area (Å²) in [6.07, 6.45) is 5.42. The molecule has 6 heteroatoms. The van der Waals surface area contributed by atoms with Gasteiger partial charge in [0.1, 0.15) is 5.76 Å². The summed E-state index contributed by atoms with van der Waals surface area (Å²) in [6.45, 7) is 5.39. The Hall–Kier alpha value is -2.37. The summed E-state index contributed by atoms with van der Waals surface area (Å²) in [5, 5.41) is 4.02. The molecule has 0 radical (unpaired) electrons. The maximum atomic E-state index is 12.6. The minimum Gasteiger partial charge on any atom is -0.457 e. The number of carbonyl (C=O) groups excluding carboxylic acids is 2. The molecule has 0 saturated heterocycles. The van der Waals surface area contributed by atoms with Crippen LogP contribution in [0.2, 0.25) is 0 Å². The fourth-order valence-corrected chi connectivity index (χ4v) is 4.98. The second kappa shape index (κ2) is 6.98. The number of Topliss-reactive ketones (excluding diaryl/α,β-unsaturated/α-hetero) is 1. The smallest absolute Gasteiger partial charge is 0.306 e. The molecule has 0 amide bonds. The SMILES string of the molecule is Cc1cc(-n2c(C)cc(C(=O)COC(=O)C[C@@H]3C[C@@H]4CC[C@@H]3C4)c2C)no1. The van der Waals surface area contributed by atoms with E-state index in [1.165, 1.54) is 19.3 Å². The average Bonchev–Trinajstić information content (AvgIpc) is 3.38. The lowest BCUT2D eigenvalue weighted by atomic mass is 9.86. The van der Waals surface area contributed by atoms with Crippen molar-refractivity contribution in [2.75, 3.05) is 6.61 Å². The van der Waals surface area contributed by atoms with Gasteiger partial charge in [-0.25, -0.2) is 0 Å². The Morgan fingerprint density at radius 2 is 2.04 bits per heavy atom. The van der Waals surface area contributed by atoms with Crippen LogP contribution in [0.4, 0.5) is 0 Å². The van der Waals surface area contributed by atoms with Crippen molar-refractivity contribution in [3.63, 3.8) is 0 Å². The summed E-state index contributed by atoms with van der Waals surface area (Å²) >= 11 is 0. The van der Waals surface area contributed by atoms with E-state index in [1.54, 1.807) is 0 Å². The molecule has 0 N–H and O–H groups in total. The van der Waals surface area contributed by atoms with Gasteiger partial charge in [0.25, 0.3) is 0 Å². The third-order valence-corrected chi connectivity index (χ3v) is 6.25. The first-order valence-corrected chi connectivity index (χ1v) is 9.74. The van der Waals surface area contributed by atoms with Crippen LogP contribution < -0.4 is 0 Å². The highest BCUT2D eigenvalue weighted by Crippen LogP contribution is 2.49. The number of fused-ring (bicyclic) bond motifs is 2. The number of rotatable bonds is 6. The lowest BCUT2D eigenvalue weighted by molar-refractivity contribution is -0.144. The summed E-state index contributed by atoms with van der Waals surface area (Å²) in [4.78, 5) is 24.8. The molecule has 2 bridgehead atoms. The quantitative estimate of drug-likeness (QED) is 0.569. The third-order valence-electron chi connectivity index (χ3n) is 6.25. The zero-order chi connectivity index (χ0) is 19.1. The van der Waals surface area contributed by atoms with E-state index in [0.717, 1.165) is 23.7 Å². The van der Waals surface area contributed by atoms with E-state index >= 15 is 0 Å². The van der Waals surface area contributed by atoms with Gasteiger partial charge >= 0.3 is 5.97 Å². The Kier molecular flexibility index (Phi) is 4.66. The van der Waals surface area contributed by atoms with Crippen molar-refractivity contribution >= 4 is 11.8 Å². The number of esters is 1. The molecule has 3 atom stereocenters. The monoisotopic (exact) mass is 370 g/mol. The molecule has 6 nitrogen and oxygen atoms in total. The van der Waals surface area contributed by atoms with Crippen molar-refractivity contribution in [1.82, 2.24) is 9.72 Å².